The standard InChI is InChI=1S/C12H16O3/c1-8-3-5-9(6-4-8)15-11-7-10(13)12(11)14-2/h3-6,10-13H,7H2,1-2H3. The summed E-state index contributed by atoms with van der Waals surface area (Å²) in [5, 5.41) is 9.40. The Balaban J connectivity index is 1.95. The molecule has 2 rings (SSSR count). The van der Waals surface area contributed by atoms with Crippen molar-refractivity contribution in [1.29, 1.82) is 0 Å². The zero-order valence-corrected chi connectivity index (χ0v) is 9.01. The topological polar surface area (TPSA) is 38.7 Å². The summed E-state index contributed by atoms with van der Waals surface area (Å²) in [4.78, 5) is 0. The van der Waals surface area contributed by atoms with Crippen LogP contribution in [-0.4, -0.2) is 30.5 Å². The first-order chi connectivity index (χ1) is 7.20. The molecule has 3 nitrogen and oxygen atoms in total. The van der Waals surface area contributed by atoms with Crippen molar-refractivity contribution in [2.45, 2.75) is 31.7 Å². The molecular weight excluding hydrogens is 192 g/mol. The largest absolute Gasteiger partial charge is 0.488 e. The first kappa shape index (κ1) is 10.5. The monoisotopic (exact) mass is 208 g/mol. The smallest absolute Gasteiger partial charge is 0.130 e. The van der Waals surface area contributed by atoms with Gasteiger partial charge in [-0.05, 0) is 19.1 Å². The summed E-state index contributed by atoms with van der Waals surface area (Å²) in [7, 11) is 1.60. The molecule has 0 radical (unpaired) electrons. The van der Waals surface area contributed by atoms with Gasteiger partial charge in [0.1, 0.15) is 18.0 Å². The molecule has 1 saturated carbocycles. The molecule has 3 heteroatoms. The molecule has 1 N–H and O–H groups in total. The fourth-order valence-corrected chi connectivity index (χ4v) is 1.77. The van der Waals surface area contributed by atoms with Crippen LogP contribution in [0.2, 0.25) is 0 Å². The van der Waals surface area contributed by atoms with Crippen molar-refractivity contribution < 1.29 is 14.6 Å². The van der Waals surface area contributed by atoms with Crippen molar-refractivity contribution in [3.63, 3.8) is 0 Å². The van der Waals surface area contributed by atoms with Crippen molar-refractivity contribution >= 4 is 0 Å². The van der Waals surface area contributed by atoms with E-state index in [1.807, 2.05) is 31.2 Å². The van der Waals surface area contributed by atoms with Gasteiger partial charge in [-0.3, -0.25) is 0 Å². The number of hydrogen-bond donors (Lipinski definition) is 1. The van der Waals surface area contributed by atoms with Gasteiger partial charge in [-0.15, -0.1) is 0 Å². The van der Waals surface area contributed by atoms with E-state index < -0.39 is 0 Å². The summed E-state index contributed by atoms with van der Waals surface area (Å²) in [6, 6.07) is 7.89. The Kier molecular flexibility index (Phi) is 2.93. The van der Waals surface area contributed by atoms with Gasteiger partial charge in [0.2, 0.25) is 0 Å². The van der Waals surface area contributed by atoms with E-state index in [0.717, 1.165) is 5.75 Å². The molecule has 15 heavy (non-hydrogen) atoms. The molecule has 3 atom stereocenters. The Morgan fingerprint density at radius 1 is 1.27 bits per heavy atom. The number of methoxy groups -OCH3 is 1. The van der Waals surface area contributed by atoms with Gasteiger partial charge < -0.3 is 14.6 Å². The molecule has 0 aliphatic heterocycles. The quantitative estimate of drug-likeness (QED) is 0.818. The average Bonchev–Trinajstić information content (AvgIpc) is 2.21. The number of ether oxygens (including phenoxy) is 2. The van der Waals surface area contributed by atoms with Crippen LogP contribution in [0.15, 0.2) is 24.3 Å². The minimum absolute atomic E-state index is 0.0206. The predicted molar refractivity (Wildman–Crippen MR) is 57.0 cm³/mol. The maximum atomic E-state index is 9.40. The van der Waals surface area contributed by atoms with E-state index in [2.05, 4.69) is 0 Å². The SMILES string of the molecule is COC1C(O)CC1Oc1ccc(C)cc1. The molecule has 0 amide bonds. The maximum absolute atomic E-state index is 9.40. The molecule has 3 unspecified atom stereocenters. The van der Waals surface area contributed by atoms with Crippen LogP contribution < -0.4 is 4.74 Å². The molecule has 0 saturated heterocycles. The Labute approximate surface area is 89.6 Å². The molecule has 1 aromatic carbocycles. The van der Waals surface area contributed by atoms with Crippen molar-refractivity contribution in [1.82, 2.24) is 0 Å². The van der Waals surface area contributed by atoms with Gasteiger partial charge in [-0.25, -0.2) is 0 Å². The summed E-state index contributed by atoms with van der Waals surface area (Å²) in [6.45, 7) is 2.04. The van der Waals surface area contributed by atoms with E-state index >= 15 is 0 Å². The Morgan fingerprint density at radius 2 is 1.93 bits per heavy atom. The van der Waals surface area contributed by atoms with Crippen LogP contribution in [0.4, 0.5) is 0 Å². The van der Waals surface area contributed by atoms with E-state index in [4.69, 9.17) is 9.47 Å². The number of aliphatic hydroxyl groups is 1. The number of rotatable bonds is 3. The highest BCUT2D eigenvalue weighted by Gasteiger charge is 2.42. The molecule has 1 aliphatic rings. The Morgan fingerprint density at radius 3 is 2.47 bits per heavy atom. The normalized spacial score (nSPS) is 29.7. The highest BCUT2D eigenvalue weighted by atomic mass is 16.6. The minimum atomic E-state index is -0.384. The van der Waals surface area contributed by atoms with Crippen LogP contribution in [0.1, 0.15) is 12.0 Å². The first-order valence-corrected chi connectivity index (χ1v) is 5.15. The van der Waals surface area contributed by atoms with E-state index in [1.165, 1.54) is 5.56 Å². The molecule has 0 heterocycles. The molecule has 0 spiro atoms. The van der Waals surface area contributed by atoms with Gasteiger partial charge in [-0.1, -0.05) is 17.7 Å². The Hall–Kier alpha value is -1.06. The second-order valence-electron chi connectivity index (χ2n) is 3.97. The number of aliphatic hydroxyl groups excluding tert-OH is 1. The fraction of sp³-hybridized carbons (Fsp3) is 0.500. The van der Waals surface area contributed by atoms with Crippen LogP contribution in [0.25, 0.3) is 0 Å². The van der Waals surface area contributed by atoms with Crippen LogP contribution in [0.5, 0.6) is 5.75 Å². The number of benzene rings is 1. The summed E-state index contributed by atoms with van der Waals surface area (Å²) in [6.07, 6.45) is 0.0521. The summed E-state index contributed by atoms with van der Waals surface area (Å²) in [5.74, 6) is 0.833. The van der Waals surface area contributed by atoms with Gasteiger partial charge in [0.25, 0.3) is 0 Å². The van der Waals surface area contributed by atoms with Crippen molar-refractivity contribution in [2.75, 3.05) is 7.11 Å². The highest BCUT2D eigenvalue weighted by Crippen LogP contribution is 2.28. The lowest BCUT2D eigenvalue weighted by Crippen LogP contribution is -2.54. The third kappa shape index (κ3) is 2.13. The minimum Gasteiger partial charge on any atom is -0.488 e. The molecular formula is C12H16O3. The van der Waals surface area contributed by atoms with Gasteiger partial charge in [-0.2, -0.15) is 0 Å². The lowest BCUT2D eigenvalue weighted by molar-refractivity contribution is -0.149. The van der Waals surface area contributed by atoms with Gasteiger partial charge >= 0.3 is 0 Å². The van der Waals surface area contributed by atoms with Crippen molar-refractivity contribution in [3.8, 4) is 5.75 Å². The third-order valence-corrected chi connectivity index (χ3v) is 2.80. The highest BCUT2D eigenvalue weighted by molar-refractivity contribution is 5.27. The first-order valence-electron chi connectivity index (χ1n) is 5.15. The van der Waals surface area contributed by atoms with Gasteiger partial charge in [0.05, 0.1) is 6.10 Å². The average molecular weight is 208 g/mol. The second kappa shape index (κ2) is 4.21. The molecule has 1 aromatic rings. The molecule has 0 aromatic heterocycles. The van der Waals surface area contributed by atoms with Crippen LogP contribution >= 0.6 is 0 Å². The number of aryl methyl sites for hydroxylation is 1. The van der Waals surface area contributed by atoms with Crippen LogP contribution in [-0.2, 0) is 4.74 Å². The summed E-state index contributed by atoms with van der Waals surface area (Å²) in [5.41, 5.74) is 1.21. The van der Waals surface area contributed by atoms with Gasteiger partial charge in [0.15, 0.2) is 0 Å². The summed E-state index contributed by atoms with van der Waals surface area (Å²) < 4.78 is 10.8. The van der Waals surface area contributed by atoms with Crippen molar-refractivity contribution in [3.05, 3.63) is 29.8 Å². The number of hydrogen-bond acceptors (Lipinski definition) is 3. The zero-order valence-electron chi connectivity index (χ0n) is 9.01. The molecule has 82 valence electrons. The molecule has 1 fully saturated rings. The lowest BCUT2D eigenvalue weighted by Gasteiger charge is -2.39. The zero-order chi connectivity index (χ0) is 10.8. The lowest BCUT2D eigenvalue weighted by atomic mass is 9.88. The Bertz CT molecular complexity index is 320. The van der Waals surface area contributed by atoms with E-state index in [0.29, 0.717) is 6.42 Å². The van der Waals surface area contributed by atoms with Crippen molar-refractivity contribution in [2.24, 2.45) is 0 Å². The van der Waals surface area contributed by atoms with Gasteiger partial charge in [0, 0.05) is 13.5 Å². The van der Waals surface area contributed by atoms with Crippen LogP contribution in [0, 0.1) is 6.92 Å². The van der Waals surface area contributed by atoms with E-state index in [9.17, 15) is 5.11 Å². The predicted octanol–water partition coefficient (Wildman–Crippen LogP) is 1.52. The summed E-state index contributed by atoms with van der Waals surface area (Å²) >= 11 is 0. The van der Waals surface area contributed by atoms with Crippen LogP contribution in [0.3, 0.4) is 0 Å². The fourth-order valence-electron chi connectivity index (χ4n) is 1.77. The third-order valence-electron chi connectivity index (χ3n) is 2.80. The van der Waals surface area contributed by atoms with E-state index in [-0.39, 0.29) is 18.3 Å². The molecule has 0 bridgehead atoms. The molecule has 1 aliphatic carbocycles. The second-order valence-corrected chi connectivity index (χ2v) is 3.97. The maximum Gasteiger partial charge on any atom is 0.130 e. The van der Waals surface area contributed by atoms with E-state index in [1.54, 1.807) is 7.11 Å².